The molecule has 0 aliphatic heterocycles. The van der Waals surface area contributed by atoms with E-state index in [0.29, 0.717) is 6.54 Å². The molecular weight excluding hydrogens is 236 g/mol. The Morgan fingerprint density at radius 3 is 2.56 bits per heavy atom. The van der Waals surface area contributed by atoms with Crippen molar-refractivity contribution in [1.82, 2.24) is 9.80 Å². The molecule has 1 N–H and O–H groups in total. The minimum Gasteiger partial charge on any atom is -0.480 e. The first-order valence-corrected chi connectivity index (χ1v) is 5.66. The first kappa shape index (κ1) is 14.1. The van der Waals surface area contributed by atoms with Crippen LogP contribution in [-0.4, -0.2) is 46.5 Å². The molecular formula is C12H18N2O4. The fourth-order valence-electron chi connectivity index (χ4n) is 1.56. The number of carbonyl (C=O) groups excluding carboxylic acids is 1. The molecule has 0 atom stereocenters. The number of carbonyl (C=O) groups is 2. The number of hydrogen-bond donors (Lipinski definition) is 1. The zero-order valence-corrected chi connectivity index (χ0v) is 10.8. The molecule has 0 aliphatic rings. The molecule has 0 unspecified atom stereocenters. The predicted molar refractivity (Wildman–Crippen MR) is 65.0 cm³/mol. The van der Waals surface area contributed by atoms with Gasteiger partial charge in [0, 0.05) is 18.7 Å². The van der Waals surface area contributed by atoms with E-state index < -0.39 is 5.97 Å². The van der Waals surface area contributed by atoms with Gasteiger partial charge in [0.2, 0.25) is 0 Å². The summed E-state index contributed by atoms with van der Waals surface area (Å²) < 4.78 is 4.92. The summed E-state index contributed by atoms with van der Waals surface area (Å²) >= 11 is 0. The van der Waals surface area contributed by atoms with Gasteiger partial charge >= 0.3 is 12.0 Å². The first-order chi connectivity index (χ1) is 8.41. The maximum atomic E-state index is 12.1. The van der Waals surface area contributed by atoms with Gasteiger partial charge in [-0.05, 0) is 19.9 Å². The van der Waals surface area contributed by atoms with E-state index in [2.05, 4.69) is 0 Å². The highest BCUT2D eigenvalue weighted by molar-refractivity contribution is 5.80. The number of nitrogens with zero attached hydrogens (tertiary/aromatic N) is 2. The summed E-state index contributed by atoms with van der Waals surface area (Å²) in [7, 11) is 1.63. The van der Waals surface area contributed by atoms with Gasteiger partial charge in [-0.1, -0.05) is 0 Å². The van der Waals surface area contributed by atoms with Crippen molar-refractivity contribution in [3.05, 3.63) is 24.2 Å². The number of carboxylic acids is 1. The maximum Gasteiger partial charge on any atom is 0.323 e. The molecule has 18 heavy (non-hydrogen) atoms. The van der Waals surface area contributed by atoms with Crippen LogP contribution in [0, 0.1) is 0 Å². The van der Waals surface area contributed by atoms with Crippen molar-refractivity contribution in [2.24, 2.45) is 0 Å². The van der Waals surface area contributed by atoms with Crippen molar-refractivity contribution in [2.45, 2.75) is 26.4 Å². The number of amides is 2. The summed E-state index contributed by atoms with van der Waals surface area (Å²) in [5.41, 5.74) is 0.866. The average molecular weight is 254 g/mol. The lowest BCUT2D eigenvalue weighted by molar-refractivity contribution is -0.138. The molecule has 0 saturated carbocycles. The third kappa shape index (κ3) is 3.80. The second kappa shape index (κ2) is 6.09. The van der Waals surface area contributed by atoms with Crippen LogP contribution in [0.3, 0.4) is 0 Å². The van der Waals surface area contributed by atoms with Gasteiger partial charge in [0.1, 0.15) is 6.54 Å². The Hall–Kier alpha value is -1.98. The predicted octanol–water partition coefficient (Wildman–Crippen LogP) is 1.63. The summed E-state index contributed by atoms with van der Waals surface area (Å²) in [5.74, 6) is -1.02. The van der Waals surface area contributed by atoms with E-state index in [4.69, 9.17) is 9.52 Å². The molecule has 1 aromatic rings. The molecule has 0 fully saturated rings. The van der Waals surface area contributed by atoms with E-state index in [1.54, 1.807) is 33.2 Å². The fourth-order valence-corrected chi connectivity index (χ4v) is 1.56. The van der Waals surface area contributed by atoms with Gasteiger partial charge in [-0.3, -0.25) is 4.79 Å². The number of aliphatic carboxylic acids is 1. The quantitative estimate of drug-likeness (QED) is 0.866. The Kier molecular flexibility index (Phi) is 4.76. The van der Waals surface area contributed by atoms with E-state index in [9.17, 15) is 9.59 Å². The number of furan rings is 1. The normalized spacial score (nSPS) is 10.4. The van der Waals surface area contributed by atoms with Crippen molar-refractivity contribution in [3.8, 4) is 0 Å². The van der Waals surface area contributed by atoms with Gasteiger partial charge in [0.25, 0.3) is 0 Å². The Bertz CT molecular complexity index is 400. The number of carboxylic acid groups (broad SMARTS) is 1. The van der Waals surface area contributed by atoms with Crippen LogP contribution in [0.25, 0.3) is 0 Å². The molecule has 6 nitrogen and oxygen atoms in total. The third-order valence-electron chi connectivity index (χ3n) is 2.50. The van der Waals surface area contributed by atoms with Gasteiger partial charge in [0.05, 0.1) is 19.1 Å². The Morgan fingerprint density at radius 2 is 2.11 bits per heavy atom. The summed E-state index contributed by atoms with van der Waals surface area (Å²) in [6.45, 7) is 3.66. The smallest absolute Gasteiger partial charge is 0.323 e. The van der Waals surface area contributed by atoms with Crippen molar-refractivity contribution in [1.29, 1.82) is 0 Å². The highest BCUT2D eigenvalue weighted by Crippen LogP contribution is 2.08. The van der Waals surface area contributed by atoms with Crippen molar-refractivity contribution in [3.63, 3.8) is 0 Å². The zero-order chi connectivity index (χ0) is 13.7. The van der Waals surface area contributed by atoms with E-state index in [1.807, 2.05) is 0 Å². The van der Waals surface area contributed by atoms with E-state index in [0.717, 1.165) is 5.56 Å². The zero-order valence-electron chi connectivity index (χ0n) is 10.8. The largest absolute Gasteiger partial charge is 0.480 e. The number of urea groups is 1. The molecule has 0 spiro atoms. The molecule has 1 heterocycles. The summed E-state index contributed by atoms with van der Waals surface area (Å²) in [4.78, 5) is 25.6. The number of rotatable bonds is 5. The van der Waals surface area contributed by atoms with Crippen LogP contribution < -0.4 is 0 Å². The number of hydrogen-bond acceptors (Lipinski definition) is 3. The minimum absolute atomic E-state index is 0.166. The summed E-state index contributed by atoms with van der Waals surface area (Å²) in [5, 5.41) is 8.79. The second-order valence-electron chi connectivity index (χ2n) is 4.39. The lowest BCUT2D eigenvalue weighted by atomic mass is 10.3. The van der Waals surface area contributed by atoms with Crippen LogP contribution in [0.1, 0.15) is 19.4 Å². The van der Waals surface area contributed by atoms with Crippen LogP contribution in [0.5, 0.6) is 0 Å². The second-order valence-corrected chi connectivity index (χ2v) is 4.39. The lowest BCUT2D eigenvalue weighted by Gasteiger charge is -2.29. The summed E-state index contributed by atoms with van der Waals surface area (Å²) in [6.07, 6.45) is 3.09. The van der Waals surface area contributed by atoms with Crippen molar-refractivity contribution >= 4 is 12.0 Å². The van der Waals surface area contributed by atoms with Crippen molar-refractivity contribution < 1.29 is 19.1 Å². The van der Waals surface area contributed by atoms with Gasteiger partial charge in [-0.25, -0.2) is 4.79 Å². The SMILES string of the molecule is CC(C)N(CC(=O)O)C(=O)N(C)Cc1ccoc1. The van der Waals surface area contributed by atoms with Crippen LogP contribution in [0.15, 0.2) is 23.0 Å². The van der Waals surface area contributed by atoms with E-state index in [-0.39, 0.29) is 18.6 Å². The van der Waals surface area contributed by atoms with Crippen molar-refractivity contribution in [2.75, 3.05) is 13.6 Å². The molecule has 100 valence electrons. The molecule has 0 aromatic carbocycles. The molecule has 0 saturated heterocycles. The third-order valence-corrected chi connectivity index (χ3v) is 2.50. The molecule has 0 radical (unpaired) electrons. The van der Waals surface area contributed by atoms with Gasteiger partial charge in [0.15, 0.2) is 0 Å². The summed E-state index contributed by atoms with van der Waals surface area (Å²) in [6, 6.07) is 1.29. The van der Waals surface area contributed by atoms with Crippen LogP contribution >= 0.6 is 0 Å². The van der Waals surface area contributed by atoms with Crippen LogP contribution in [0.2, 0.25) is 0 Å². The fraction of sp³-hybridized carbons (Fsp3) is 0.500. The van der Waals surface area contributed by atoms with Gasteiger partial charge in [-0.15, -0.1) is 0 Å². The van der Waals surface area contributed by atoms with Crippen LogP contribution in [-0.2, 0) is 11.3 Å². The minimum atomic E-state index is -1.02. The Labute approximate surface area is 106 Å². The highest BCUT2D eigenvalue weighted by atomic mass is 16.4. The van der Waals surface area contributed by atoms with E-state index in [1.165, 1.54) is 16.1 Å². The molecule has 2 amide bonds. The topological polar surface area (TPSA) is 74.0 Å². The lowest BCUT2D eigenvalue weighted by Crippen LogP contribution is -2.46. The molecule has 0 bridgehead atoms. The molecule has 0 aliphatic carbocycles. The van der Waals surface area contributed by atoms with Gasteiger partial charge < -0.3 is 19.3 Å². The highest BCUT2D eigenvalue weighted by Gasteiger charge is 2.23. The Balaban J connectivity index is 2.67. The average Bonchev–Trinajstić information content (AvgIpc) is 2.77. The van der Waals surface area contributed by atoms with E-state index >= 15 is 0 Å². The van der Waals surface area contributed by atoms with Crippen LogP contribution in [0.4, 0.5) is 4.79 Å². The first-order valence-electron chi connectivity index (χ1n) is 5.66. The Morgan fingerprint density at radius 1 is 1.44 bits per heavy atom. The van der Waals surface area contributed by atoms with Gasteiger partial charge in [-0.2, -0.15) is 0 Å². The molecule has 6 heteroatoms. The monoisotopic (exact) mass is 254 g/mol. The maximum absolute atomic E-state index is 12.1. The molecule has 1 aromatic heterocycles. The molecule has 1 rings (SSSR count). The standard InChI is InChI=1S/C12H18N2O4/c1-9(2)14(7-11(15)16)12(17)13(3)6-10-4-5-18-8-10/h4-5,8-9H,6-7H2,1-3H3,(H,15,16).